The number of sulfone groups is 1. The molecule has 19 heavy (non-hydrogen) atoms. The highest BCUT2D eigenvalue weighted by molar-refractivity contribution is 7.90. The number of rotatable bonds is 5. The summed E-state index contributed by atoms with van der Waals surface area (Å²) in [5.41, 5.74) is 2.40. The standard InChI is InChI=1S/C10H15N5O2S2/c1-6(5-19(2,16)17)12-8-7-3-4-18-9(7)14-10(13-8)15-11/h3-4,6H,5,11H2,1-2H3,(H2,12,13,14,15). The first-order valence-corrected chi connectivity index (χ1v) is 8.49. The van der Waals surface area contributed by atoms with Crippen molar-refractivity contribution in [3.63, 3.8) is 0 Å². The zero-order valence-electron chi connectivity index (χ0n) is 10.5. The molecule has 1 atom stereocenters. The predicted molar refractivity (Wildman–Crippen MR) is 78.0 cm³/mol. The lowest BCUT2D eigenvalue weighted by Crippen LogP contribution is -2.26. The van der Waals surface area contributed by atoms with E-state index in [-0.39, 0.29) is 11.8 Å². The number of hydrazine groups is 1. The topological polar surface area (TPSA) is 110 Å². The summed E-state index contributed by atoms with van der Waals surface area (Å²) in [7, 11) is -3.04. The first kappa shape index (κ1) is 14.0. The van der Waals surface area contributed by atoms with Gasteiger partial charge in [-0.25, -0.2) is 19.2 Å². The van der Waals surface area contributed by atoms with Crippen molar-refractivity contribution in [1.82, 2.24) is 9.97 Å². The highest BCUT2D eigenvalue weighted by atomic mass is 32.2. The summed E-state index contributed by atoms with van der Waals surface area (Å²) in [6, 6.07) is 1.63. The van der Waals surface area contributed by atoms with Gasteiger partial charge in [0, 0.05) is 12.3 Å². The van der Waals surface area contributed by atoms with Crippen molar-refractivity contribution in [2.45, 2.75) is 13.0 Å². The minimum absolute atomic E-state index is 0.0357. The molecule has 0 spiro atoms. The van der Waals surface area contributed by atoms with Crippen LogP contribution < -0.4 is 16.6 Å². The van der Waals surface area contributed by atoms with E-state index in [4.69, 9.17) is 5.84 Å². The van der Waals surface area contributed by atoms with Crippen LogP contribution in [0.3, 0.4) is 0 Å². The molecule has 2 heterocycles. The fourth-order valence-corrected chi connectivity index (χ4v) is 3.51. The van der Waals surface area contributed by atoms with E-state index < -0.39 is 9.84 Å². The van der Waals surface area contributed by atoms with Crippen LogP contribution in [0.5, 0.6) is 0 Å². The number of hydrogen-bond donors (Lipinski definition) is 3. The van der Waals surface area contributed by atoms with E-state index in [0.29, 0.717) is 11.8 Å². The Morgan fingerprint density at radius 1 is 1.47 bits per heavy atom. The summed E-state index contributed by atoms with van der Waals surface area (Å²) >= 11 is 1.47. The molecule has 0 aliphatic rings. The molecule has 7 nitrogen and oxygen atoms in total. The fraction of sp³-hybridized carbons (Fsp3) is 0.400. The average Bonchev–Trinajstić information content (AvgIpc) is 2.74. The first-order chi connectivity index (χ1) is 8.89. The Morgan fingerprint density at radius 2 is 2.21 bits per heavy atom. The number of nitrogen functional groups attached to an aromatic ring is 1. The molecule has 0 fully saturated rings. The van der Waals surface area contributed by atoms with Gasteiger partial charge in [-0.3, -0.25) is 5.43 Å². The van der Waals surface area contributed by atoms with Gasteiger partial charge in [-0.1, -0.05) is 0 Å². The van der Waals surface area contributed by atoms with Gasteiger partial charge < -0.3 is 5.32 Å². The molecule has 9 heteroatoms. The number of nitrogens with one attached hydrogen (secondary N) is 2. The number of nitrogens with zero attached hydrogens (tertiary/aromatic N) is 2. The quantitative estimate of drug-likeness (QED) is 0.554. The molecular formula is C10H15N5O2S2. The van der Waals surface area contributed by atoms with Gasteiger partial charge in [-0.2, -0.15) is 4.98 Å². The maximum atomic E-state index is 11.3. The molecule has 0 aliphatic carbocycles. The minimum atomic E-state index is -3.04. The third-order valence-corrected chi connectivity index (χ3v) is 4.30. The van der Waals surface area contributed by atoms with Crippen molar-refractivity contribution < 1.29 is 8.42 Å². The lowest BCUT2D eigenvalue weighted by atomic mass is 10.3. The highest BCUT2D eigenvalue weighted by Gasteiger charge is 2.14. The van der Waals surface area contributed by atoms with Crippen LogP contribution in [0.25, 0.3) is 10.2 Å². The molecule has 0 saturated heterocycles. The zero-order valence-corrected chi connectivity index (χ0v) is 12.2. The van der Waals surface area contributed by atoms with Crippen LogP contribution >= 0.6 is 11.3 Å². The highest BCUT2D eigenvalue weighted by Crippen LogP contribution is 2.26. The van der Waals surface area contributed by atoms with Gasteiger partial charge in [0.15, 0.2) is 0 Å². The van der Waals surface area contributed by atoms with Gasteiger partial charge in [-0.15, -0.1) is 11.3 Å². The molecule has 4 N–H and O–H groups in total. The van der Waals surface area contributed by atoms with Gasteiger partial charge in [-0.05, 0) is 18.4 Å². The molecule has 0 amide bonds. The Balaban J connectivity index is 2.31. The van der Waals surface area contributed by atoms with Crippen molar-refractivity contribution in [3.8, 4) is 0 Å². The van der Waals surface area contributed by atoms with Crippen LogP contribution in [0.2, 0.25) is 0 Å². The minimum Gasteiger partial charge on any atom is -0.366 e. The molecule has 1 unspecified atom stereocenters. The van der Waals surface area contributed by atoms with E-state index in [0.717, 1.165) is 10.2 Å². The van der Waals surface area contributed by atoms with Crippen molar-refractivity contribution >= 4 is 43.2 Å². The van der Waals surface area contributed by atoms with Gasteiger partial charge in [0.05, 0.1) is 11.1 Å². The number of hydrogen-bond acceptors (Lipinski definition) is 8. The number of fused-ring (bicyclic) bond motifs is 1. The zero-order chi connectivity index (χ0) is 14.0. The van der Waals surface area contributed by atoms with Gasteiger partial charge >= 0.3 is 0 Å². The number of nitrogens with two attached hydrogens (primary N) is 1. The average molecular weight is 301 g/mol. The molecule has 2 aromatic rings. The summed E-state index contributed by atoms with van der Waals surface area (Å²) in [5.74, 6) is 6.23. The largest absolute Gasteiger partial charge is 0.366 e. The van der Waals surface area contributed by atoms with Crippen molar-refractivity contribution in [2.75, 3.05) is 22.8 Å². The molecule has 104 valence electrons. The van der Waals surface area contributed by atoms with E-state index in [1.807, 2.05) is 11.4 Å². The Morgan fingerprint density at radius 3 is 2.84 bits per heavy atom. The summed E-state index contributed by atoms with van der Waals surface area (Å²) in [6.45, 7) is 1.79. The number of aromatic nitrogens is 2. The molecule has 0 aromatic carbocycles. The first-order valence-electron chi connectivity index (χ1n) is 5.55. The van der Waals surface area contributed by atoms with Crippen molar-refractivity contribution in [3.05, 3.63) is 11.4 Å². The fourth-order valence-electron chi connectivity index (χ4n) is 1.76. The summed E-state index contributed by atoms with van der Waals surface area (Å²) in [5, 5.41) is 5.83. The van der Waals surface area contributed by atoms with Crippen LogP contribution in [0, 0.1) is 0 Å². The summed E-state index contributed by atoms with van der Waals surface area (Å²) in [6.07, 6.45) is 1.21. The smallest absolute Gasteiger partial charge is 0.240 e. The van der Waals surface area contributed by atoms with Gasteiger partial charge in [0.25, 0.3) is 0 Å². The van der Waals surface area contributed by atoms with E-state index in [1.54, 1.807) is 6.92 Å². The Kier molecular flexibility index (Phi) is 3.88. The molecule has 0 bridgehead atoms. The maximum absolute atomic E-state index is 11.3. The van der Waals surface area contributed by atoms with Crippen molar-refractivity contribution in [1.29, 1.82) is 0 Å². The number of anilines is 2. The summed E-state index contributed by atoms with van der Waals surface area (Å²) in [4.78, 5) is 9.21. The van der Waals surface area contributed by atoms with E-state index >= 15 is 0 Å². The molecule has 0 radical (unpaired) electrons. The van der Waals surface area contributed by atoms with Crippen LogP contribution in [0.4, 0.5) is 11.8 Å². The van der Waals surface area contributed by atoms with Crippen molar-refractivity contribution in [2.24, 2.45) is 5.84 Å². The van der Waals surface area contributed by atoms with Crippen LogP contribution in [-0.4, -0.2) is 36.4 Å². The second-order valence-electron chi connectivity index (χ2n) is 4.32. The maximum Gasteiger partial charge on any atom is 0.240 e. The predicted octanol–water partition coefficient (Wildman–Crippen LogP) is 0.822. The van der Waals surface area contributed by atoms with E-state index in [2.05, 4.69) is 20.7 Å². The molecule has 0 aliphatic heterocycles. The normalized spacial score (nSPS) is 13.4. The Bertz CT molecular complexity index is 682. The second-order valence-corrected chi connectivity index (χ2v) is 7.40. The molecule has 2 aromatic heterocycles. The van der Waals surface area contributed by atoms with E-state index in [9.17, 15) is 8.42 Å². The molecular weight excluding hydrogens is 286 g/mol. The number of thiophene rings is 1. The second kappa shape index (κ2) is 5.27. The lowest BCUT2D eigenvalue weighted by Gasteiger charge is -2.14. The third-order valence-electron chi connectivity index (χ3n) is 2.39. The van der Waals surface area contributed by atoms with Gasteiger partial charge in [0.2, 0.25) is 5.95 Å². The van der Waals surface area contributed by atoms with Crippen LogP contribution in [0.15, 0.2) is 11.4 Å². The Hall–Kier alpha value is -1.45. The van der Waals surface area contributed by atoms with E-state index in [1.165, 1.54) is 17.6 Å². The lowest BCUT2D eigenvalue weighted by molar-refractivity contribution is 0.598. The van der Waals surface area contributed by atoms with Crippen LogP contribution in [-0.2, 0) is 9.84 Å². The molecule has 0 saturated carbocycles. The Labute approximate surface area is 115 Å². The summed E-state index contributed by atoms with van der Waals surface area (Å²) < 4.78 is 22.5. The third kappa shape index (κ3) is 3.52. The SMILES string of the molecule is CC(CS(C)(=O)=O)Nc1nc(NN)nc2sccc12. The monoisotopic (exact) mass is 301 g/mol. The van der Waals surface area contributed by atoms with Gasteiger partial charge in [0.1, 0.15) is 20.5 Å². The molecule has 2 rings (SSSR count). The van der Waals surface area contributed by atoms with Crippen LogP contribution in [0.1, 0.15) is 6.92 Å².